The Morgan fingerprint density at radius 3 is 2.07 bits per heavy atom. The highest BCUT2D eigenvalue weighted by molar-refractivity contribution is 6.36. The number of nitrogens with zero attached hydrogens (tertiary/aromatic N) is 5. The van der Waals surface area contributed by atoms with E-state index < -0.39 is 0 Å². The molecule has 11 rings (SSSR count). The van der Waals surface area contributed by atoms with E-state index in [1.54, 1.807) is 6.20 Å². The van der Waals surface area contributed by atoms with Crippen LogP contribution in [0.25, 0.3) is 98.8 Å². The van der Waals surface area contributed by atoms with Crippen LogP contribution in [0, 0.1) is 0 Å². The zero-order valence-electron chi connectivity index (χ0n) is 24.5. The summed E-state index contributed by atoms with van der Waals surface area (Å²) in [5, 5.41) is 10.9. The molecule has 0 bridgehead atoms. The SMILES string of the molecule is c1cncc(-c2nc(-n3c4ccccc4c4c5c6cc7ccccc7cc6n6c7ccccc7c(cc43)c56)nc3ccccc23)c1. The van der Waals surface area contributed by atoms with Gasteiger partial charge in [0.25, 0.3) is 0 Å². The van der Waals surface area contributed by atoms with Crippen LogP contribution >= 0.6 is 0 Å². The number of pyridine rings is 1. The molecule has 11 aromatic rings. The van der Waals surface area contributed by atoms with Crippen LogP contribution in [0.2, 0.25) is 0 Å². The molecule has 0 saturated carbocycles. The Kier molecular flexibility index (Phi) is 4.52. The third-order valence-electron chi connectivity index (χ3n) is 9.69. The lowest BCUT2D eigenvalue weighted by Crippen LogP contribution is -2.03. The Balaban J connectivity index is 1.38. The fourth-order valence-corrected chi connectivity index (χ4v) is 7.80. The standard InChI is InChI=1S/C41H23N5/c1-2-11-25-21-35-31(20-24(25)10-1)38-37-29-15-5-8-18-34(29)46(36(37)22-30-27-13-4-7-17-33(27)45(35)40(30)38)41-43-32-16-6-3-14-28(32)39(44-41)26-12-9-19-42-23-26/h1-23H. The van der Waals surface area contributed by atoms with Gasteiger partial charge in [-0.15, -0.1) is 0 Å². The molecule has 5 heterocycles. The molecule has 5 aromatic heterocycles. The van der Waals surface area contributed by atoms with Crippen molar-refractivity contribution in [3.05, 3.63) is 140 Å². The predicted molar refractivity (Wildman–Crippen MR) is 189 cm³/mol. The van der Waals surface area contributed by atoms with Gasteiger partial charge in [-0.3, -0.25) is 9.55 Å². The summed E-state index contributed by atoms with van der Waals surface area (Å²) in [4.78, 5) is 14.9. The molecule has 0 spiro atoms. The predicted octanol–water partition coefficient (Wildman–Crippen LogP) is 10.1. The quantitative estimate of drug-likeness (QED) is 0.203. The van der Waals surface area contributed by atoms with Crippen molar-refractivity contribution >= 4 is 81.6 Å². The van der Waals surface area contributed by atoms with Crippen LogP contribution in [-0.4, -0.2) is 23.9 Å². The molecule has 0 saturated heterocycles. The maximum absolute atomic E-state index is 5.30. The third kappa shape index (κ3) is 3.01. The molecule has 0 unspecified atom stereocenters. The molecular weight excluding hydrogens is 562 g/mol. The molecule has 0 amide bonds. The van der Waals surface area contributed by atoms with Gasteiger partial charge in [0.15, 0.2) is 0 Å². The number of hydrogen-bond donors (Lipinski definition) is 0. The molecule has 212 valence electrons. The number of para-hydroxylation sites is 3. The second-order valence-electron chi connectivity index (χ2n) is 12.1. The van der Waals surface area contributed by atoms with E-state index >= 15 is 0 Å². The number of hydrogen-bond acceptors (Lipinski definition) is 3. The van der Waals surface area contributed by atoms with Crippen molar-refractivity contribution in [2.75, 3.05) is 0 Å². The Morgan fingerprint density at radius 1 is 0.478 bits per heavy atom. The molecule has 0 radical (unpaired) electrons. The van der Waals surface area contributed by atoms with Crippen LogP contribution in [0.15, 0.2) is 140 Å². The number of fused-ring (bicyclic) bond motifs is 12. The van der Waals surface area contributed by atoms with E-state index in [0.717, 1.165) is 33.2 Å². The first kappa shape index (κ1) is 24.0. The summed E-state index contributed by atoms with van der Waals surface area (Å²) < 4.78 is 4.73. The minimum Gasteiger partial charge on any atom is -0.308 e. The van der Waals surface area contributed by atoms with Crippen molar-refractivity contribution in [2.45, 2.75) is 0 Å². The largest absolute Gasteiger partial charge is 0.308 e. The average Bonchev–Trinajstić information content (AvgIpc) is 3.74. The molecule has 0 aliphatic carbocycles. The Hall–Kier alpha value is -6.33. The van der Waals surface area contributed by atoms with E-state index in [9.17, 15) is 0 Å². The molecule has 0 fully saturated rings. The van der Waals surface area contributed by atoms with Crippen LogP contribution in [0.3, 0.4) is 0 Å². The van der Waals surface area contributed by atoms with Crippen molar-refractivity contribution in [2.24, 2.45) is 0 Å². The van der Waals surface area contributed by atoms with Gasteiger partial charge in [-0.1, -0.05) is 78.9 Å². The first-order valence-electron chi connectivity index (χ1n) is 15.5. The molecule has 46 heavy (non-hydrogen) atoms. The van der Waals surface area contributed by atoms with Gasteiger partial charge < -0.3 is 4.40 Å². The Bertz CT molecular complexity index is 3020. The first-order chi connectivity index (χ1) is 22.8. The van der Waals surface area contributed by atoms with Gasteiger partial charge in [-0.25, -0.2) is 9.97 Å². The fourth-order valence-electron chi connectivity index (χ4n) is 7.80. The van der Waals surface area contributed by atoms with Crippen molar-refractivity contribution in [1.29, 1.82) is 0 Å². The average molecular weight is 586 g/mol. The summed E-state index contributed by atoms with van der Waals surface area (Å²) in [6.45, 7) is 0. The topological polar surface area (TPSA) is 48.0 Å². The van der Waals surface area contributed by atoms with Crippen LogP contribution in [0.1, 0.15) is 0 Å². The Labute approximate surface area is 261 Å². The number of rotatable bonds is 2. The molecule has 0 atom stereocenters. The van der Waals surface area contributed by atoms with Crippen molar-refractivity contribution in [3.63, 3.8) is 0 Å². The van der Waals surface area contributed by atoms with Crippen molar-refractivity contribution in [3.8, 4) is 17.2 Å². The van der Waals surface area contributed by atoms with Gasteiger partial charge in [-0.05, 0) is 59.3 Å². The van der Waals surface area contributed by atoms with Crippen LogP contribution < -0.4 is 0 Å². The molecule has 5 nitrogen and oxygen atoms in total. The summed E-state index contributed by atoms with van der Waals surface area (Å²) >= 11 is 0. The fraction of sp³-hybridized carbons (Fsp3) is 0. The van der Waals surface area contributed by atoms with Crippen LogP contribution in [-0.2, 0) is 0 Å². The highest BCUT2D eigenvalue weighted by atomic mass is 15.2. The van der Waals surface area contributed by atoms with E-state index in [-0.39, 0.29) is 0 Å². The van der Waals surface area contributed by atoms with Gasteiger partial charge in [0.2, 0.25) is 5.95 Å². The lowest BCUT2D eigenvalue weighted by molar-refractivity contribution is 1.01. The second kappa shape index (κ2) is 8.65. The van der Waals surface area contributed by atoms with E-state index in [1.807, 2.05) is 24.4 Å². The molecule has 0 aliphatic rings. The van der Waals surface area contributed by atoms with Crippen molar-refractivity contribution < 1.29 is 0 Å². The van der Waals surface area contributed by atoms with E-state index in [4.69, 9.17) is 9.97 Å². The summed E-state index contributed by atoms with van der Waals surface area (Å²) in [7, 11) is 0. The summed E-state index contributed by atoms with van der Waals surface area (Å²) in [6, 6.07) is 45.5. The van der Waals surface area contributed by atoms with Gasteiger partial charge in [0.05, 0.1) is 38.8 Å². The lowest BCUT2D eigenvalue weighted by atomic mass is 10.0. The van der Waals surface area contributed by atoms with Crippen LogP contribution in [0.4, 0.5) is 0 Å². The minimum absolute atomic E-state index is 0.649. The summed E-state index contributed by atoms with van der Waals surface area (Å²) in [6.07, 6.45) is 3.68. The summed E-state index contributed by atoms with van der Waals surface area (Å²) in [5.74, 6) is 0.649. The van der Waals surface area contributed by atoms with Gasteiger partial charge >= 0.3 is 0 Å². The maximum Gasteiger partial charge on any atom is 0.235 e. The summed E-state index contributed by atoms with van der Waals surface area (Å²) in [5.41, 5.74) is 8.63. The van der Waals surface area contributed by atoms with E-state index in [2.05, 4.69) is 123 Å². The van der Waals surface area contributed by atoms with Gasteiger partial charge in [0.1, 0.15) is 0 Å². The monoisotopic (exact) mass is 585 g/mol. The van der Waals surface area contributed by atoms with Crippen molar-refractivity contribution in [1.82, 2.24) is 23.9 Å². The molecule has 0 N–H and O–H groups in total. The zero-order valence-corrected chi connectivity index (χ0v) is 24.5. The van der Waals surface area contributed by atoms with E-state index in [0.29, 0.717) is 5.95 Å². The highest BCUT2D eigenvalue weighted by Crippen LogP contribution is 2.47. The maximum atomic E-state index is 5.30. The Morgan fingerprint density at radius 2 is 1.22 bits per heavy atom. The molecule has 0 aliphatic heterocycles. The highest BCUT2D eigenvalue weighted by Gasteiger charge is 2.25. The molecular formula is C41H23N5. The normalized spacial score (nSPS) is 12.3. The van der Waals surface area contributed by atoms with Gasteiger partial charge in [-0.2, -0.15) is 0 Å². The minimum atomic E-state index is 0.649. The molecule has 5 heteroatoms. The smallest absolute Gasteiger partial charge is 0.235 e. The second-order valence-corrected chi connectivity index (χ2v) is 12.1. The van der Waals surface area contributed by atoms with E-state index in [1.165, 1.54) is 59.6 Å². The zero-order chi connectivity index (χ0) is 29.9. The van der Waals surface area contributed by atoms with Gasteiger partial charge in [0, 0.05) is 55.7 Å². The first-order valence-corrected chi connectivity index (χ1v) is 15.5. The molecule has 6 aromatic carbocycles. The third-order valence-corrected chi connectivity index (χ3v) is 9.69. The number of benzene rings is 6. The lowest BCUT2D eigenvalue weighted by Gasteiger charge is -2.11. The van der Waals surface area contributed by atoms with Crippen LogP contribution in [0.5, 0.6) is 0 Å². The number of aromatic nitrogens is 5.